The molecular weight excluding hydrogens is 414 g/mol. The van der Waals surface area contributed by atoms with E-state index in [4.69, 9.17) is 5.10 Å². The molecule has 0 N–H and O–H groups in total. The first kappa shape index (κ1) is 22.0. The number of nitrogens with zero attached hydrogens (tertiary/aromatic N) is 4. The lowest BCUT2D eigenvalue weighted by molar-refractivity contribution is -0.0498. The number of benzene rings is 2. The predicted molar refractivity (Wildman–Crippen MR) is 117 cm³/mol. The highest BCUT2D eigenvalue weighted by Gasteiger charge is 2.24. The fourth-order valence-electron chi connectivity index (χ4n) is 4.02. The zero-order valence-electron chi connectivity index (χ0n) is 18.2. The molecule has 0 aliphatic carbocycles. The third-order valence-corrected chi connectivity index (χ3v) is 5.81. The number of amides is 1. The van der Waals surface area contributed by atoms with Crippen molar-refractivity contribution in [3.63, 3.8) is 0 Å². The summed E-state index contributed by atoms with van der Waals surface area (Å²) in [5.74, 6) is -0.0549. The van der Waals surface area contributed by atoms with Crippen molar-refractivity contribution in [1.29, 1.82) is 0 Å². The number of aryl methyl sites for hydroxylation is 1. The molecule has 8 heteroatoms. The Bertz CT molecular complexity index is 1060. The van der Waals surface area contributed by atoms with Crippen LogP contribution in [0.5, 0.6) is 5.75 Å². The van der Waals surface area contributed by atoms with E-state index in [0.717, 1.165) is 36.7 Å². The number of piperazine rings is 1. The predicted octanol–water partition coefficient (Wildman–Crippen LogP) is 4.05. The summed E-state index contributed by atoms with van der Waals surface area (Å²) in [7, 11) is 0. The van der Waals surface area contributed by atoms with Gasteiger partial charge in [0.05, 0.1) is 11.4 Å². The Morgan fingerprint density at radius 3 is 2.28 bits per heavy atom. The summed E-state index contributed by atoms with van der Waals surface area (Å²) in [6.45, 7) is 4.76. The van der Waals surface area contributed by atoms with E-state index in [-0.39, 0.29) is 11.7 Å². The highest BCUT2D eigenvalue weighted by Crippen LogP contribution is 2.21. The largest absolute Gasteiger partial charge is 0.435 e. The van der Waals surface area contributed by atoms with E-state index in [0.29, 0.717) is 18.7 Å². The maximum atomic E-state index is 12.8. The van der Waals surface area contributed by atoms with Crippen LogP contribution in [-0.2, 0) is 6.54 Å². The van der Waals surface area contributed by atoms with Crippen LogP contribution in [0.15, 0.2) is 54.6 Å². The van der Waals surface area contributed by atoms with E-state index in [2.05, 4.69) is 16.6 Å². The average Bonchev–Trinajstić information content (AvgIpc) is 3.08. The van der Waals surface area contributed by atoms with E-state index >= 15 is 0 Å². The minimum absolute atomic E-state index is 0.0446. The number of halogens is 2. The molecule has 1 amide bonds. The zero-order chi connectivity index (χ0) is 22.7. The fraction of sp³-hybridized carbons (Fsp3) is 0.333. The number of hydrogen-bond donors (Lipinski definition) is 0. The van der Waals surface area contributed by atoms with Gasteiger partial charge < -0.3 is 9.64 Å². The molecule has 0 bridgehead atoms. The van der Waals surface area contributed by atoms with Crippen molar-refractivity contribution in [2.75, 3.05) is 26.2 Å². The Balaban J connectivity index is 1.36. The minimum Gasteiger partial charge on any atom is -0.435 e. The van der Waals surface area contributed by atoms with Crippen LogP contribution in [0.4, 0.5) is 8.78 Å². The van der Waals surface area contributed by atoms with Gasteiger partial charge in [0.2, 0.25) is 0 Å². The standard InChI is InChI=1S/C24H26F2N4O2/c1-17-22(18(2)30(27-17)20-6-4-3-5-7-20)16-28-12-14-29(15-13-28)23(31)19-8-10-21(11-9-19)32-24(25)26/h3-11,24H,12-16H2,1-2H3. The monoisotopic (exact) mass is 440 g/mol. The first-order valence-corrected chi connectivity index (χ1v) is 10.6. The number of rotatable bonds is 6. The lowest BCUT2D eigenvalue weighted by atomic mass is 10.1. The van der Waals surface area contributed by atoms with Gasteiger partial charge in [-0.05, 0) is 50.2 Å². The molecule has 3 aromatic rings. The second-order valence-electron chi connectivity index (χ2n) is 7.87. The summed E-state index contributed by atoms with van der Waals surface area (Å²) in [5, 5.41) is 4.72. The molecule has 0 radical (unpaired) electrons. The normalized spacial score (nSPS) is 14.7. The Hall–Kier alpha value is -3.26. The molecule has 0 saturated carbocycles. The van der Waals surface area contributed by atoms with Crippen LogP contribution < -0.4 is 4.74 Å². The first-order valence-electron chi connectivity index (χ1n) is 10.6. The lowest BCUT2D eigenvalue weighted by Gasteiger charge is -2.34. The second kappa shape index (κ2) is 9.48. The van der Waals surface area contributed by atoms with E-state index in [1.165, 1.54) is 29.8 Å². The van der Waals surface area contributed by atoms with Crippen molar-refractivity contribution in [3.8, 4) is 11.4 Å². The summed E-state index contributed by atoms with van der Waals surface area (Å²) in [6.07, 6.45) is 0. The number of ether oxygens (including phenoxy) is 1. The van der Waals surface area contributed by atoms with E-state index in [1.807, 2.05) is 41.9 Å². The molecule has 1 aliphatic heterocycles. The fourth-order valence-corrected chi connectivity index (χ4v) is 4.02. The molecule has 0 atom stereocenters. The summed E-state index contributed by atoms with van der Waals surface area (Å²) in [5.41, 5.74) is 4.85. The first-order chi connectivity index (χ1) is 15.4. The summed E-state index contributed by atoms with van der Waals surface area (Å²) < 4.78 is 30.9. The smallest absolute Gasteiger partial charge is 0.387 e. The molecule has 0 spiro atoms. The highest BCUT2D eigenvalue weighted by molar-refractivity contribution is 5.94. The molecule has 2 heterocycles. The van der Waals surface area contributed by atoms with Crippen LogP contribution in [0, 0.1) is 13.8 Å². The molecule has 4 rings (SSSR count). The van der Waals surface area contributed by atoms with Gasteiger partial charge in [0.15, 0.2) is 0 Å². The van der Waals surface area contributed by atoms with Crippen LogP contribution in [0.2, 0.25) is 0 Å². The zero-order valence-corrected chi connectivity index (χ0v) is 18.2. The van der Waals surface area contributed by atoms with Crippen molar-refractivity contribution >= 4 is 5.91 Å². The summed E-state index contributed by atoms with van der Waals surface area (Å²) in [6, 6.07) is 15.9. The Labute approximate surface area is 186 Å². The van der Waals surface area contributed by atoms with Gasteiger partial charge in [0.25, 0.3) is 5.91 Å². The third-order valence-electron chi connectivity index (χ3n) is 5.81. The van der Waals surface area contributed by atoms with Crippen LogP contribution in [0.1, 0.15) is 27.3 Å². The summed E-state index contributed by atoms with van der Waals surface area (Å²) in [4.78, 5) is 16.9. The second-order valence-corrected chi connectivity index (χ2v) is 7.87. The van der Waals surface area contributed by atoms with Crippen LogP contribution >= 0.6 is 0 Å². The topological polar surface area (TPSA) is 50.6 Å². The van der Waals surface area contributed by atoms with Crippen molar-refractivity contribution in [2.45, 2.75) is 27.0 Å². The van der Waals surface area contributed by atoms with E-state index in [9.17, 15) is 13.6 Å². The van der Waals surface area contributed by atoms with Crippen molar-refractivity contribution in [2.24, 2.45) is 0 Å². The third kappa shape index (κ3) is 4.80. The molecule has 32 heavy (non-hydrogen) atoms. The van der Waals surface area contributed by atoms with Crippen LogP contribution in [-0.4, -0.2) is 58.3 Å². The molecule has 6 nitrogen and oxygen atoms in total. The average molecular weight is 440 g/mol. The van der Waals surface area contributed by atoms with Gasteiger partial charge in [0, 0.05) is 49.5 Å². The van der Waals surface area contributed by atoms with Crippen molar-refractivity contribution in [3.05, 3.63) is 77.1 Å². The number of carbonyl (C=O) groups excluding carboxylic acids is 1. The molecule has 168 valence electrons. The Morgan fingerprint density at radius 2 is 1.66 bits per heavy atom. The van der Waals surface area contributed by atoms with Gasteiger partial charge in [0.1, 0.15) is 5.75 Å². The molecule has 1 saturated heterocycles. The van der Waals surface area contributed by atoms with Crippen molar-refractivity contribution in [1.82, 2.24) is 19.6 Å². The molecular formula is C24H26F2N4O2. The van der Waals surface area contributed by atoms with Crippen LogP contribution in [0.25, 0.3) is 5.69 Å². The Morgan fingerprint density at radius 1 is 1.00 bits per heavy atom. The van der Waals surface area contributed by atoms with Crippen molar-refractivity contribution < 1.29 is 18.3 Å². The number of para-hydroxylation sites is 1. The van der Waals surface area contributed by atoms with Gasteiger partial charge in [-0.15, -0.1) is 0 Å². The van der Waals surface area contributed by atoms with Gasteiger partial charge in [-0.25, -0.2) is 4.68 Å². The van der Waals surface area contributed by atoms with Gasteiger partial charge >= 0.3 is 6.61 Å². The SMILES string of the molecule is Cc1nn(-c2ccccc2)c(C)c1CN1CCN(C(=O)c2ccc(OC(F)F)cc2)CC1. The molecule has 1 aliphatic rings. The van der Waals surface area contributed by atoms with Crippen LogP contribution in [0.3, 0.4) is 0 Å². The maximum absolute atomic E-state index is 12.8. The molecule has 0 unspecified atom stereocenters. The van der Waals surface area contributed by atoms with Gasteiger partial charge in [-0.3, -0.25) is 9.69 Å². The summed E-state index contributed by atoms with van der Waals surface area (Å²) >= 11 is 0. The quantitative estimate of drug-likeness (QED) is 0.580. The van der Waals surface area contributed by atoms with Gasteiger partial charge in [-0.1, -0.05) is 18.2 Å². The minimum atomic E-state index is -2.88. The highest BCUT2D eigenvalue weighted by atomic mass is 19.3. The molecule has 1 aromatic heterocycles. The number of alkyl halides is 2. The molecule has 1 fully saturated rings. The molecule has 2 aromatic carbocycles. The van der Waals surface area contributed by atoms with E-state index < -0.39 is 6.61 Å². The van der Waals surface area contributed by atoms with E-state index in [1.54, 1.807) is 4.90 Å². The van der Waals surface area contributed by atoms with Gasteiger partial charge in [-0.2, -0.15) is 13.9 Å². The number of hydrogen-bond acceptors (Lipinski definition) is 4. The lowest BCUT2D eigenvalue weighted by Crippen LogP contribution is -2.48. The number of carbonyl (C=O) groups is 1. The Kier molecular flexibility index (Phi) is 6.50. The maximum Gasteiger partial charge on any atom is 0.387 e. The number of aromatic nitrogens is 2.